The molecule has 2 aliphatic rings. The van der Waals surface area contributed by atoms with Crippen molar-refractivity contribution < 1.29 is 13.5 Å². The minimum atomic E-state index is -2.96. The number of aliphatic hydroxyl groups is 1. The van der Waals surface area contributed by atoms with Gasteiger partial charge in [0.2, 0.25) is 0 Å². The van der Waals surface area contributed by atoms with Gasteiger partial charge in [0.25, 0.3) is 0 Å². The van der Waals surface area contributed by atoms with E-state index < -0.39 is 15.4 Å². The molecule has 0 heterocycles. The third kappa shape index (κ3) is 3.33. The molecule has 0 aromatic carbocycles. The number of hydrogen-bond acceptors (Lipinski definition) is 3. The van der Waals surface area contributed by atoms with Crippen molar-refractivity contribution in [3.63, 3.8) is 0 Å². The van der Waals surface area contributed by atoms with Gasteiger partial charge in [0.15, 0.2) is 0 Å². The van der Waals surface area contributed by atoms with E-state index in [1.807, 2.05) is 0 Å². The highest BCUT2D eigenvalue weighted by molar-refractivity contribution is 7.91. The van der Waals surface area contributed by atoms with Crippen molar-refractivity contribution in [2.24, 2.45) is 17.8 Å². The Bertz CT molecular complexity index is 417. The summed E-state index contributed by atoms with van der Waals surface area (Å²) in [6.45, 7) is 4.47. The Morgan fingerprint density at radius 3 is 2.37 bits per heavy atom. The van der Waals surface area contributed by atoms with Gasteiger partial charge in [-0.3, -0.25) is 0 Å². The van der Waals surface area contributed by atoms with E-state index in [2.05, 4.69) is 13.8 Å². The maximum atomic E-state index is 11.8. The number of hydrogen-bond donors (Lipinski definition) is 1. The molecule has 2 fully saturated rings. The quantitative estimate of drug-likeness (QED) is 0.850. The van der Waals surface area contributed by atoms with E-state index in [4.69, 9.17) is 0 Å². The van der Waals surface area contributed by atoms with Crippen LogP contribution in [0.15, 0.2) is 0 Å². The molecule has 1 N–H and O–H groups in total. The van der Waals surface area contributed by atoms with Gasteiger partial charge in [-0.05, 0) is 56.3 Å². The fourth-order valence-corrected chi connectivity index (χ4v) is 5.19. The second kappa shape index (κ2) is 5.36. The second-order valence-electron chi connectivity index (χ2n) is 7.12. The molecule has 0 aromatic rings. The van der Waals surface area contributed by atoms with Gasteiger partial charge in [-0.2, -0.15) is 0 Å². The van der Waals surface area contributed by atoms with E-state index in [9.17, 15) is 13.5 Å². The van der Waals surface area contributed by atoms with Crippen molar-refractivity contribution >= 4 is 9.84 Å². The molecule has 3 nitrogen and oxygen atoms in total. The standard InChI is InChI=1S/C15H28O3S/c1-11-7-8-15(16,10-12(11)2)13-5-4-6-14(9-13)19(3,17)18/h11-14,16H,4-10H2,1-3H3. The molecule has 19 heavy (non-hydrogen) atoms. The van der Waals surface area contributed by atoms with Crippen molar-refractivity contribution in [2.75, 3.05) is 6.26 Å². The fraction of sp³-hybridized carbons (Fsp3) is 1.00. The van der Waals surface area contributed by atoms with Crippen molar-refractivity contribution in [1.29, 1.82) is 0 Å². The van der Waals surface area contributed by atoms with Crippen molar-refractivity contribution in [2.45, 2.75) is 69.6 Å². The van der Waals surface area contributed by atoms with Crippen LogP contribution < -0.4 is 0 Å². The van der Waals surface area contributed by atoms with E-state index in [0.29, 0.717) is 18.3 Å². The van der Waals surface area contributed by atoms with Crippen LogP contribution in [0.2, 0.25) is 0 Å². The molecule has 5 unspecified atom stereocenters. The first kappa shape index (κ1) is 15.3. The average molecular weight is 288 g/mol. The van der Waals surface area contributed by atoms with Gasteiger partial charge in [-0.15, -0.1) is 0 Å². The highest BCUT2D eigenvalue weighted by Crippen LogP contribution is 2.45. The summed E-state index contributed by atoms with van der Waals surface area (Å²) in [5.74, 6) is 1.39. The third-order valence-corrected chi connectivity index (χ3v) is 7.31. The van der Waals surface area contributed by atoms with Gasteiger partial charge >= 0.3 is 0 Å². The highest BCUT2D eigenvalue weighted by atomic mass is 32.2. The van der Waals surface area contributed by atoms with Crippen LogP contribution in [-0.2, 0) is 9.84 Å². The fourth-order valence-electron chi connectivity index (χ4n) is 4.02. The molecule has 0 aliphatic heterocycles. The first-order valence-corrected chi connectivity index (χ1v) is 9.59. The molecule has 2 rings (SSSR count). The van der Waals surface area contributed by atoms with E-state index in [1.165, 1.54) is 6.26 Å². The summed E-state index contributed by atoms with van der Waals surface area (Å²) in [6, 6.07) is 0. The summed E-state index contributed by atoms with van der Waals surface area (Å²) >= 11 is 0. The minimum absolute atomic E-state index is 0.177. The van der Waals surface area contributed by atoms with Crippen LogP contribution >= 0.6 is 0 Å². The van der Waals surface area contributed by atoms with Gasteiger partial charge in [0.05, 0.1) is 10.9 Å². The van der Waals surface area contributed by atoms with Crippen LogP contribution in [0.4, 0.5) is 0 Å². The molecule has 0 amide bonds. The lowest BCUT2D eigenvalue weighted by Crippen LogP contribution is -2.47. The number of rotatable bonds is 2. The molecule has 112 valence electrons. The monoisotopic (exact) mass is 288 g/mol. The minimum Gasteiger partial charge on any atom is -0.390 e. The van der Waals surface area contributed by atoms with Crippen molar-refractivity contribution in [3.05, 3.63) is 0 Å². The van der Waals surface area contributed by atoms with Crippen LogP contribution in [0.3, 0.4) is 0 Å². The van der Waals surface area contributed by atoms with Crippen molar-refractivity contribution in [3.8, 4) is 0 Å². The Hall–Kier alpha value is -0.0900. The topological polar surface area (TPSA) is 54.4 Å². The van der Waals surface area contributed by atoms with Crippen LogP contribution in [0.1, 0.15) is 58.8 Å². The van der Waals surface area contributed by atoms with Crippen LogP contribution in [0, 0.1) is 17.8 Å². The Morgan fingerprint density at radius 1 is 1.11 bits per heavy atom. The average Bonchev–Trinajstić information content (AvgIpc) is 2.34. The third-order valence-electron chi connectivity index (χ3n) is 5.67. The lowest BCUT2D eigenvalue weighted by molar-refractivity contribution is -0.0842. The van der Waals surface area contributed by atoms with E-state index in [1.54, 1.807) is 0 Å². The summed E-state index contributed by atoms with van der Waals surface area (Å²) in [5, 5.41) is 10.7. The van der Waals surface area contributed by atoms with Gasteiger partial charge in [-0.25, -0.2) is 8.42 Å². The van der Waals surface area contributed by atoms with Crippen molar-refractivity contribution in [1.82, 2.24) is 0 Å². The summed E-state index contributed by atoms with van der Waals surface area (Å²) in [5.41, 5.74) is -0.616. The van der Waals surface area contributed by atoms with Gasteiger partial charge in [-0.1, -0.05) is 20.3 Å². The maximum absolute atomic E-state index is 11.8. The normalized spacial score (nSPS) is 45.1. The summed E-state index contributed by atoms with van der Waals surface area (Å²) in [7, 11) is -2.96. The van der Waals surface area contributed by atoms with Gasteiger partial charge in [0, 0.05) is 6.26 Å². The largest absolute Gasteiger partial charge is 0.390 e. The predicted octanol–water partition coefficient (Wildman–Crippen LogP) is 2.78. The first-order chi connectivity index (χ1) is 8.72. The van der Waals surface area contributed by atoms with Gasteiger partial charge in [0.1, 0.15) is 9.84 Å². The highest BCUT2D eigenvalue weighted by Gasteiger charge is 2.44. The zero-order chi connectivity index (χ0) is 14.3. The predicted molar refractivity (Wildman–Crippen MR) is 77.7 cm³/mol. The van der Waals surface area contributed by atoms with E-state index in [-0.39, 0.29) is 11.2 Å². The maximum Gasteiger partial charge on any atom is 0.150 e. The first-order valence-electron chi connectivity index (χ1n) is 7.63. The lowest BCUT2D eigenvalue weighted by Gasteiger charge is -2.46. The molecule has 4 heteroatoms. The molecular weight excluding hydrogens is 260 g/mol. The zero-order valence-corrected chi connectivity index (χ0v) is 13.2. The van der Waals surface area contributed by atoms with E-state index in [0.717, 1.165) is 38.5 Å². The molecule has 0 spiro atoms. The molecular formula is C15H28O3S. The molecule has 2 saturated carbocycles. The summed E-state index contributed by atoms with van der Waals surface area (Å²) in [4.78, 5) is 0. The Morgan fingerprint density at radius 2 is 1.79 bits per heavy atom. The molecule has 0 bridgehead atoms. The molecule has 0 aromatic heterocycles. The molecule has 0 saturated heterocycles. The lowest BCUT2D eigenvalue weighted by atomic mass is 9.65. The smallest absolute Gasteiger partial charge is 0.150 e. The molecule has 5 atom stereocenters. The second-order valence-corrected chi connectivity index (χ2v) is 9.44. The molecule has 0 radical (unpaired) electrons. The summed E-state index contributed by atoms with van der Waals surface area (Å²) in [6.07, 6.45) is 7.47. The Labute approximate surface area is 117 Å². The Kier molecular flexibility index (Phi) is 4.32. The zero-order valence-electron chi connectivity index (χ0n) is 12.4. The number of sulfone groups is 1. The van der Waals surface area contributed by atoms with Gasteiger partial charge < -0.3 is 5.11 Å². The van der Waals surface area contributed by atoms with Crippen LogP contribution in [0.25, 0.3) is 0 Å². The SMILES string of the molecule is CC1CCC(O)(C2CCCC(S(C)(=O)=O)C2)CC1C. The van der Waals surface area contributed by atoms with Crippen LogP contribution in [-0.4, -0.2) is 30.6 Å². The van der Waals surface area contributed by atoms with Crippen LogP contribution in [0.5, 0.6) is 0 Å². The summed E-state index contributed by atoms with van der Waals surface area (Å²) < 4.78 is 23.5. The van der Waals surface area contributed by atoms with E-state index >= 15 is 0 Å². The Balaban J connectivity index is 2.08. The molecule has 2 aliphatic carbocycles.